The van der Waals surface area contributed by atoms with E-state index < -0.39 is 17.1 Å². The number of rotatable bonds is 6. The van der Waals surface area contributed by atoms with E-state index in [1.165, 1.54) is 13.0 Å². The predicted molar refractivity (Wildman–Crippen MR) is 65.4 cm³/mol. The first-order valence-corrected chi connectivity index (χ1v) is 6.63. The lowest BCUT2D eigenvalue weighted by molar-refractivity contribution is -0.387. The van der Waals surface area contributed by atoms with Crippen LogP contribution >= 0.6 is 23.1 Å². The van der Waals surface area contributed by atoms with Crippen LogP contribution < -0.4 is 0 Å². The van der Waals surface area contributed by atoms with Crippen molar-refractivity contribution in [2.75, 3.05) is 12.4 Å². The van der Waals surface area contributed by atoms with E-state index in [-0.39, 0.29) is 18.0 Å². The smallest absolute Gasteiger partial charge is 0.294 e. The van der Waals surface area contributed by atoms with E-state index in [2.05, 4.69) is 0 Å². The van der Waals surface area contributed by atoms with Crippen LogP contribution in [0.2, 0.25) is 0 Å². The standard InChI is InChI=1S/C9H13NO5S2/c1-5(12)8-2-7(10(14)15)9(17-8)16-4-6(13)3-11/h2,5-6,11-13H,3-4H2,1H3/t5-,6?/m1/s1. The summed E-state index contributed by atoms with van der Waals surface area (Å²) >= 11 is 2.23. The van der Waals surface area contributed by atoms with Crippen molar-refractivity contribution in [3.8, 4) is 0 Å². The van der Waals surface area contributed by atoms with Crippen molar-refractivity contribution < 1.29 is 20.2 Å². The predicted octanol–water partition coefficient (Wildman–Crippen LogP) is 1.15. The van der Waals surface area contributed by atoms with E-state index >= 15 is 0 Å². The normalized spacial score (nSPS) is 14.6. The molecule has 0 radical (unpaired) electrons. The summed E-state index contributed by atoms with van der Waals surface area (Å²) in [6, 6.07) is 1.34. The molecule has 0 saturated heterocycles. The van der Waals surface area contributed by atoms with Crippen molar-refractivity contribution in [1.29, 1.82) is 0 Å². The van der Waals surface area contributed by atoms with Crippen LogP contribution in [-0.2, 0) is 0 Å². The van der Waals surface area contributed by atoms with E-state index in [0.29, 0.717) is 9.09 Å². The van der Waals surface area contributed by atoms with Crippen molar-refractivity contribution in [3.05, 3.63) is 21.1 Å². The molecule has 0 bridgehead atoms. The van der Waals surface area contributed by atoms with Gasteiger partial charge in [-0.25, -0.2) is 0 Å². The third-order valence-electron chi connectivity index (χ3n) is 1.92. The Labute approximate surface area is 106 Å². The lowest BCUT2D eigenvalue weighted by atomic mass is 10.3. The highest BCUT2D eigenvalue weighted by molar-refractivity contribution is 8.01. The maximum Gasteiger partial charge on any atom is 0.294 e. The van der Waals surface area contributed by atoms with Crippen molar-refractivity contribution in [3.63, 3.8) is 0 Å². The summed E-state index contributed by atoms with van der Waals surface area (Å²) in [7, 11) is 0. The third-order valence-corrected chi connectivity index (χ3v) is 4.64. The van der Waals surface area contributed by atoms with Crippen LogP contribution in [0.25, 0.3) is 0 Å². The van der Waals surface area contributed by atoms with E-state index in [0.717, 1.165) is 23.1 Å². The minimum Gasteiger partial charge on any atom is -0.394 e. The van der Waals surface area contributed by atoms with E-state index in [1.807, 2.05) is 0 Å². The molecule has 1 heterocycles. The Morgan fingerprint density at radius 3 is 2.71 bits per heavy atom. The Balaban J connectivity index is 2.85. The van der Waals surface area contributed by atoms with Gasteiger partial charge in [0.15, 0.2) is 0 Å². The molecular formula is C9H13NO5S2. The molecule has 0 saturated carbocycles. The highest BCUT2D eigenvalue weighted by Crippen LogP contribution is 2.39. The molecule has 8 heteroatoms. The van der Waals surface area contributed by atoms with Gasteiger partial charge in [0.05, 0.1) is 23.7 Å². The minimum absolute atomic E-state index is 0.0685. The van der Waals surface area contributed by atoms with Gasteiger partial charge in [0.2, 0.25) is 0 Å². The van der Waals surface area contributed by atoms with Crippen molar-refractivity contribution in [2.24, 2.45) is 0 Å². The van der Waals surface area contributed by atoms with Gasteiger partial charge >= 0.3 is 0 Å². The first kappa shape index (κ1) is 14.4. The zero-order valence-electron chi connectivity index (χ0n) is 9.07. The zero-order valence-corrected chi connectivity index (χ0v) is 10.7. The minimum atomic E-state index is -0.906. The molecule has 1 rings (SSSR count). The molecule has 2 atom stereocenters. The molecule has 17 heavy (non-hydrogen) atoms. The molecule has 1 aromatic heterocycles. The molecule has 1 unspecified atom stereocenters. The molecular weight excluding hydrogens is 266 g/mol. The van der Waals surface area contributed by atoms with Crippen molar-refractivity contribution in [2.45, 2.75) is 23.3 Å². The summed E-state index contributed by atoms with van der Waals surface area (Å²) in [5.74, 6) is 0.178. The molecule has 0 aliphatic carbocycles. The van der Waals surface area contributed by atoms with Crippen LogP contribution in [0.15, 0.2) is 10.3 Å². The summed E-state index contributed by atoms with van der Waals surface area (Å²) in [6.45, 7) is 1.15. The van der Waals surface area contributed by atoms with E-state index in [4.69, 9.17) is 5.11 Å². The Bertz CT molecular complexity index is 393. The van der Waals surface area contributed by atoms with Gasteiger partial charge in [0, 0.05) is 16.7 Å². The molecule has 0 aliphatic rings. The Kier molecular flexibility index (Phi) is 5.34. The molecule has 0 fully saturated rings. The fraction of sp³-hybridized carbons (Fsp3) is 0.556. The van der Waals surface area contributed by atoms with Gasteiger partial charge in [-0.15, -0.1) is 23.1 Å². The number of aliphatic hydroxyl groups excluding tert-OH is 3. The van der Waals surface area contributed by atoms with Gasteiger partial charge in [-0.3, -0.25) is 10.1 Å². The van der Waals surface area contributed by atoms with Crippen LogP contribution in [0.5, 0.6) is 0 Å². The van der Waals surface area contributed by atoms with Crippen LogP contribution in [-0.4, -0.2) is 38.7 Å². The number of thioether (sulfide) groups is 1. The monoisotopic (exact) mass is 279 g/mol. The second kappa shape index (κ2) is 6.31. The largest absolute Gasteiger partial charge is 0.394 e. The lowest BCUT2D eigenvalue weighted by Gasteiger charge is -2.04. The summed E-state index contributed by atoms with van der Waals surface area (Å²) in [6.07, 6.45) is -1.66. The fourth-order valence-electron chi connectivity index (χ4n) is 1.04. The van der Waals surface area contributed by atoms with Crippen LogP contribution in [0.1, 0.15) is 17.9 Å². The molecule has 6 nitrogen and oxygen atoms in total. The summed E-state index contributed by atoms with van der Waals surface area (Å²) in [4.78, 5) is 10.8. The number of thiophene rings is 1. The van der Waals surface area contributed by atoms with Gasteiger partial charge in [-0.05, 0) is 6.92 Å². The van der Waals surface area contributed by atoms with Crippen molar-refractivity contribution in [1.82, 2.24) is 0 Å². The van der Waals surface area contributed by atoms with Gasteiger partial charge < -0.3 is 15.3 Å². The van der Waals surface area contributed by atoms with Crippen LogP contribution in [0.3, 0.4) is 0 Å². The summed E-state index contributed by atoms with van der Waals surface area (Å²) in [5, 5.41) is 38.0. The molecule has 0 aliphatic heterocycles. The molecule has 0 aromatic carbocycles. The molecule has 3 N–H and O–H groups in total. The average molecular weight is 279 g/mol. The molecule has 96 valence electrons. The second-order valence-corrected chi connectivity index (χ2v) is 5.77. The third kappa shape index (κ3) is 3.93. The second-order valence-electron chi connectivity index (χ2n) is 3.40. The first-order chi connectivity index (χ1) is 7.95. The number of aliphatic hydroxyl groups is 3. The van der Waals surface area contributed by atoms with Gasteiger partial charge in [0.25, 0.3) is 5.69 Å². The van der Waals surface area contributed by atoms with E-state index in [1.54, 1.807) is 0 Å². The molecule has 0 spiro atoms. The number of nitro groups is 1. The van der Waals surface area contributed by atoms with E-state index in [9.17, 15) is 20.3 Å². The maximum absolute atomic E-state index is 10.8. The number of nitrogens with zero attached hydrogens (tertiary/aromatic N) is 1. The van der Waals surface area contributed by atoms with Gasteiger partial charge in [-0.1, -0.05) is 0 Å². The summed E-state index contributed by atoms with van der Waals surface area (Å²) in [5.41, 5.74) is -0.0685. The maximum atomic E-state index is 10.8. The van der Waals surface area contributed by atoms with Gasteiger partial charge in [0.1, 0.15) is 4.21 Å². The SMILES string of the molecule is C[C@@H](O)c1cc([N+](=O)[O-])c(SCC(O)CO)s1. The highest BCUT2D eigenvalue weighted by Gasteiger charge is 2.21. The quantitative estimate of drug-likeness (QED) is 0.410. The van der Waals surface area contributed by atoms with Crippen LogP contribution in [0, 0.1) is 10.1 Å². The molecule has 0 amide bonds. The van der Waals surface area contributed by atoms with Crippen molar-refractivity contribution >= 4 is 28.8 Å². The fourth-order valence-corrected chi connectivity index (χ4v) is 3.30. The number of hydrogen-bond acceptors (Lipinski definition) is 7. The Morgan fingerprint density at radius 1 is 1.59 bits per heavy atom. The Hall–Kier alpha value is -0.670. The Morgan fingerprint density at radius 2 is 2.24 bits per heavy atom. The first-order valence-electron chi connectivity index (χ1n) is 4.83. The average Bonchev–Trinajstić information content (AvgIpc) is 2.70. The summed E-state index contributed by atoms with van der Waals surface area (Å²) < 4.78 is 0.429. The zero-order chi connectivity index (χ0) is 13.0. The molecule has 1 aromatic rings. The topological polar surface area (TPSA) is 104 Å². The van der Waals surface area contributed by atoms with Crippen LogP contribution in [0.4, 0.5) is 5.69 Å². The number of hydrogen-bond donors (Lipinski definition) is 3. The van der Waals surface area contributed by atoms with Gasteiger partial charge in [-0.2, -0.15) is 0 Å². The highest BCUT2D eigenvalue weighted by atomic mass is 32.2. The lowest BCUT2D eigenvalue weighted by Crippen LogP contribution is -2.14.